The van der Waals surface area contributed by atoms with Gasteiger partial charge in [-0.1, -0.05) is 13.0 Å². The van der Waals surface area contributed by atoms with Crippen LogP contribution < -0.4 is 10.1 Å². The Labute approximate surface area is 118 Å². The van der Waals surface area contributed by atoms with Gasteiger partial charge in [-0.3, -0.25) is 14.9 Å². The summed E-state index contributed by atoms with van der Waals surface area (Å²) in [5.41, 5.74) is 2.30. The summed E-state index contributed by atoms with van der Waals surface area (Å²) in [5.74, 6) is 0.437. The highest BCUT2D eigenvalue weighted by Gasteiger charge is 2.47. The van der Waals surface area contributed by atoms with E-state index in [1.807, 2.05) is 19.1 Å². The van der Waals surface area contributed by atoms with E-state index >= 15 is 0 Å². The number of piperidine rings is 1. The first-order chi connectivity index (χ1) is 9.54. The summed E-state index contributed by atoms with van der Waals surface area (Å²) >= 11 is 0. The summed E-state index contributed by atoms with van der Waals surface area (Å²) in [6.45, 7) is 1.94. The van der Waals surface area contributed by atoms with Crippen molar-refractivity contribution in [2.24, 2.45) is 11.3 Å². The zero-order valence-corrected chi connectivity index (χ0v) is 11.9. The minimum absolute atomic E-state index is 0.125. The molecule has 0 aromatic heterocycles. The van der Waals surface area contributed by atoms with Crippen molar-refractivity contribution in [3.8, 4) is 5.75 Å². The molecule has 2 unspecified atom stereocenters. The van der Waals surface area contributed by atoms with Gasteiger partial charge in [0.2, 0.25) is 11.8 Å². The number of amides is 2. The lowest BCUT2D eigenvalue weighted by Crippen LogP contribution is -2.53. The minimum atomic E-state index is -0.223. The zero-order chi connectivity index (χ0) is 14.3. The van der Waals surface area contributed by atoms with Gasteiger partial charge in [0.05, 0.1) is 7.11 Å². The van der Waals surface area contributed by atoms with Gasteiger partial charge >= 0.3 is 0 Å². The Hall–Kier alpha value is -1.84. The fourth-order valence-electron chi connectivity index (χ4n) is 3.55. The second-order valence-corrected chi connectivity index (χ2v) is 5.98. The van der Waals surface area contributed by atoms with Crippen LogP contribution in [0.1, 0.15) is 30.9 Å². The molecule has 1 spiro atoms. The Bertz CT molecular complexity index is 581. The summed E-state index contributed by atoms with van der Waals surface area (Å²) in [5, 5.41) is 2.44. The summed E-state index contributed by atoms with van der Waals surface area (Å²) in [4.78, 5) is 23.7. The maximum atomic E-state index is 12.0. The first kappa shape index (κ1) is 13.2. The number of nitrogens with one attached hydrogen (secondary N) is 1. The second-order valence-electron chi connectivity index (χ2n) is 5.98. The molecular formula is C16H19NO3. The molecule has 106 valence electrons. The first-order valence-electron chi connectivity index (χ1n) is 7.03. The quantitative estimate of drug-likeness (QED) is 0.795. The van der Waals surface area contributed by atoms with Crippen molar-refractivity contribution in [2.45, 2.75) is 32.6 Å². The van der Waals surface area contributed by atoms with Gasteiger partial charge in [0.1, 0.15) is 5.75 Å². The Kier molecular flexibility index (Phi) is 3.04. The lowest BCUT2D eigenvalue weighted by atomic mass is 9.61. The number of hydrogen-bond acceptors (Lipinski definition) is 3. The molecule has 2 atom stereocenters. The third-order valence-electron chi connectivity index (χ3n) is 4.94. The molecule has 2 aliphatic rings. The molecule has 1 N–H and O–H groups in total. The maximum Gasteiger partial charge on any atom is 0.229 e. The fourth-order valence-corrected chi connectivity index (χ4v) is 3.55. The van der Waals surface area contributed by atoms with Crippen molar-refractivity contribution >= 4 is 11.8 Å². The molecule has 1 heterocycles. The van der Waals surface area contributed by atoms with Gasteiger partial charge in [-0.25, -0.2) is 0 Å². The number of benzene rings is 1. The summed E-state index contributed by atoms with van der Waals surface area (Å²) in [6.07, 6.45) is 3.04. The number of carbonyl (C=O) groups is 2. The average Bonchev–Trinajstić information content (AvgIpc) is 2.44. The number of hydrogen-bond donors (Lipinski definition) is 1. The molecule has 1 aliphatic heterocycles. The highest BCUT2D eigenvalue weighted by atomic mass is 16.5. The van der Waals surface area contributed by atoms with Gasteiger partial charge < -0.3 is 4.74 Å². The Balaban J connectivity index is 1.97. The number of methoxy groups -OCH3 is 1. The molecular weight excluding hydrogens is 254 g/mol. The number of ether oxygens (including phenoxy) is 1. The predicted octanol–water partition coefficient (Wildman–Crippen LogP) is 1.85. The van der Waals surface area contributed by atoms with E-state index in [0.717, 1.165) is 25.0 Å². The van der Waals surface area contributed by atoms with Crippen molar-refractivity contribution in [3.63, 3.8) is 0 Å². The van der Waals surface area contributed by atoms with E-state index in [1.165, 1.54) is 11.1 Å². The largest absolute Gasteiger partial charge is 0.497 e. The van der Waals surface area contributed by atoms with Crippen LogP contribution in [0, 0.1) is 11.3 Å². The monoisotopic (exact) mass is 273 g/mol. The van der Waals surface area contributed by atoms with Crippen LogP contribution in [0.3, 0.4) is 0 Å². The van der Waals surface area contributed by atoms with Crippen LogP contribution in [0.2, 0.25) is 0 Å². The van der Waals surface area contributed by atoms with E-state index in [9.17, 15) is 9.59 Å². The van der Waals surface area contributed by atoms with Gasteiger partial charge in [0.15, 0.2) is 0 Å². The van der Waals surface area contributed by atoms with Crippen LogP contribution in [0.5, 0.6) is 5.75 Å². The summed E-state index contributed by atoms with van der Waals surface area (Å²) in [7, 11) is 1.65. The molecule has 0 radical (unpaired) electrons. The highest BCUT2D eigenvalue weighted by molar-refractivity contribution is 5.99. The fraction of sp³-hybridized carbons (Fsp3) is 0.500. The summed E-state index contributed by atoms with van der Waals surface area (Å²) < 4.78 is 5.28. The van der Waals surface area contributed by atoms with E-state index in [1.54, 1.807) is 7.11 Å². The average molecular weight is 273 g/mol. The van der Waals surface area contributed by atoms with Crippen molar-refractivity contribution in [2.75, 3.05) is 7.11 Å². The van der Waals surface area contributed by atoms with Crippen molar-refractivity contribution in [3.05, 3.63) is 29.3 Å². The van der Waals surface area contributed by atoms with Crippen molar-refractivity contribution in [1.82, 2.24) is 5.32 Å². The SMILES string of the molecule is COc1ccc2c(c1)CC1(CC2)CC(=O)NC(=O)C1C. The Morgan fingerprint density at radius 1 is 1.25 bits per heavy atom. The van der Waals surface area contributed by atoms with Gasteiger partial charge in [0, 0.05) is 12.3 Å². The smallest absolute Gasteiger partial charge is 0.229 e. The first-order valence-corrected chi connectivity index (χ1v) is 7.03. The highest BCUT2D eigenvalue weighted by Crippen LogP contribution is 2.46. The number of imide groups is 1. The Morgan fingerprint density at radius 2 is 2.05 bits per heavy atom. The number of fused-ring (bicyclic) bond motifs is 1. The second kappa shape index (κ2) is 4.62. The molecule has 1 aromatic carbocycles. The molecule has 0 bridgehead atoms. The normalized spacial score (nSPS) is 29.0. The van der Waals surface area contributed by atoms with Crippen LogP contribution in [0.4, 0.5) is 0 Å². The predicted molar refractivity (Wildman–Crippen MR) is 74.4 cm³/mol. The van der Waals surface area contributed by atoms with Crippen LogP contribution in [0.15, 0.2) is 18.2 Å². The van der Waals surface area contributed by atoms with E-state index in [2.05, 4.69) is 11.4 Å². The van der Waals surface area contributed by atoms with Crippen LogP contribution in [-0.2, 0) is 22.4 Å². The molecule has 4 heteroatoms. The van der Waals surface area contributed by atoms with Gasteiger partial charge in [0.25, 0.3) is 0 Å². The molecule has 20 heavy (non-hydrogen) atoms. The van der Waals surface area contributed by atoms with Crippen LogP contribution >= 0.6 is 0 Å². The molecule has 1 aromatic rings. The minimum Gasteiger partial charge on any atom is -0.497 e. The van der Waals surface area contributed by atoms with E-state index < -0.39 is 0 Å². The Morgan fingerprint density at radius 3 is 2.80 bits per heavy atom. The van der Waals surface area contributed by atoms with E-state index in [-0.39, 0.29) is 23.1 Å². The lowest BCUT2D eigenvalue weighted by molar-refractivity contribution is -0.143. The standard InChI is InChI=1S/C16H19NO3/c1-10-15(19)17-14(18)9-16(10)6-5-11-3-4-13(20-2)7-12(11)8-16/h3-4,7,10H,5-6,8-9H2,1-2H3,(H,17,18,19). The van der Waals surface area contributed by atoms with Crippen molar-refractivity contribution < 1.29 is 14.3 Å². The molecule has 1 fully saturated rings. The number of aryl methyl sites for hydroxylation is 1. The maximum absolute atomic E-state index is 12.0. The zero-order valence-electron chi connectivity index (χ0n) is 11.9. The topological polar surface area (TPSA) is 55.4 Å². The molecule has 2 amide bonds. The van der Waals surface area contributed by atoms with E-state index in [0.29, 0.717) is 6.42 Å². The lowest BCUT2D eigenvalue weighted by Gasteiger charge is -2.44. The van der Waals surface area contributed by atoms with Crippen molar-refractivity contribution in [1.29, 1.82) is 0 Å². The summed E-state index contributed by atoms with van der Waals surface area (Å²) in [6, 6.07) is 6.11. The van der Waals surface area contributed by atoms with Crippen LogP contribution in [-0.4, -0.2) is 18.9 Å². The van der Waals surface area contributed by atoms with Gasteiger partial charge in [-0.05, 0) is 47.9 Å². The molecule has 0 saturated carbocycles. The number of rotatable bonds is 1. The van der Waals surface area contributed by atoms with Crippen LogP contribution in [0.25, 0.3) is 0 Å². The van der Waals surface area contributed by atoms with Gasteiger partial charge in [-0.15, -0.1) is 0 Å². The molecule has 3 rings (SSSR count). The molecule has 1 aliphatic carbocycles. The molecule has 1 saturated heterocycles. The molecule has 4 nitrogen and oxygen atoms in total. The third kappa shape index (κ3) is 1.99. The van der Waals surface area contributed by atoms with Gasteiger partial charge in [-0.2, -0.15) is 0 Å². The third-order valence-corrected chi connectivity index (χ3v) is 4.94. The number of carbonyl (C=O) groups excluding carboxylic acids is 2. The van der Waals surface area contributed by atoms with E-state index in [4.69, 9.17) is 4.74 Å².